The summed E-state index contributed by atoms with van der Waals surface area (Å²) in [6.45, 7) is 2.02. The number of carbonyl (C=O) groups excluding carboxylic acids is 3. The largest absolute Gasteiger partial charge is 0.464 e. The predicted molar refractivity (Wildman–Crippen MR) is 112 cm³/mol. The molecule has 0 unspecified atom stereocenters. The zero-order chi connectivity index (χ0) is 21.8. The van der Waals surface area contributed by atoms with Gasteiger partial charge in [-0.15, -0.1) is 0 Å². The summed E-state index contributed by atoms with van der Waals surface area (Å²) in [6, 6.07) is 14.0. The van der Waals surface area contributed by atoms with E-state index in [2.05, 4.69) is 0 Å². The summed E-state index contributed by atoms with van der Waals surface area (Å²) in [5.41, 5.74) is 1.39. The fraction of sp³-hybridized carbons (Fsp3) is 0.375. The molecule has 0 aromatic heterocycles. The number of para-hydroxylation sites is 2. The van der Waals surface area contributed by atoms with Crippen molar-refractivity contribution in [2.75, 3.05) is 19.8 Å². The van der Waals surface area contributed by atoms with E-state index in [1.807, 2.05) is 36.4 Å². The van der Waals surface area contributed by atoms with E-state index in [-0.39, 0.29) is 12.5 Å². The molecule has 2 aromatic rings. The molecule has 0 bridgehead atoms. The van der Waals surface area contributed by atoms with Crippen LogP contribution in [0.2, 0.25) is 0 Å². The molecule has 0 radical (unpaired) electrons. The first kappa shape index (κ1) is 20.9. The van der Waals surface area contributed by atoms with Gasteiger partial charge in [-0.3, -0.25) is 9.59 Å². The van der Waals surface area contributed by atoms with Crippen molar-refractivity contribution >= 4 is 17.8 Å². The first-order valence-electron chi connectivity index (χ1n) is 10.6. The average molecular weight is 423 g/mol. The Morgan fingerprint density at radius 2 is 1.58 bits per heavy atom. The van der Waals surface area contributed by atoms with Gasteiger partial charge in [0.15, 0.2) is 6.61 Å². The quantitative estimate of drug-likeness (QED) is 0.686. The van der Waals surface area contributed by atoms with Crippen LogP contribution < -0.4 is 4.74 Å². The number of rotatable bonds is 5. The van der Waals surface area contributed by atoms with Crippen LogP contribution in [0.25, 0.3) is 0 Å². The van der Waals surface area contributed by atoms with Crippen LogP contribution in [-0.2, 0) is 23.9 Å². The van der Waals surface area contributed by atoms with Gasteiger partial charge in [-0.2, -0.15) is 0 Å². The maximum atomic E-state index is 13.1. The van der Waals surface area contributed by atoms with Crippen molar-refractivity contribution in [3.05, 3.63) is 59.7 Å². The van der Waals surface area contributed by atoms with Crippen LogP contribution in [0.5, 0.6) is 11.5 Å². The Hall–Kier alpha value is -3.35. The molecule has 1 atom stereocenters. The molecule has 4 rings (SSSR count). The third-order valence-electron chi connectivity index (χ3n) is 5.64. The van der Waals surface area contributed by atoms with Crippen LogP contribution in [0.3, 0.4) is 0 Å². The Morgan fingerprint density at radius 3 is 2.23 bits per heavy atom. The molecule has 0 aliphatic carbocycles. The lowest BCUT2D eigenvalue weighted by Crippen LogP contribution is -2.50. The lowest BCUT2D eigenvalue weighted by molar-refractivity contribution is -0.161. The van der Waals surface area contributed by atoms with Gasteiger partial charge in [0, 0.05) is 17.7 Å². The Bertz CT molecular complexity index is 942. The molecule has 1 saturated heterocycles. The van der Waals surface area contributed by atoms with Gasteiger partial charge in [0.25, 0.3) is 5.91 Å². The van der Waals surface area contributed by atoms with Crippen LogP contribution in [0, 0.1) is 0 Å². The Labute approximate surface area is 180 Å². The van der Waals surface area contributed by atoms with Gasteiger partial charge >= 0.3 is 11.9 Å². The highest BCUT2D eigenvalue weighted by Gasteiger charge is 2.36. The maximum absolute atomic E-state index is 13.1. The summed E-state index contributed by atoms with van der Waals surface area (Å²) >= 11 is 0. The molecule has 2 aliphatic heterocycles. The van der Waals surface area contributed by atoms with Gasteiger partial charge in [0.05, 0.1) is 6.61 Å². The average Bonchev–Trinajstić information content (AvgIpc) is 2.80. The number of amides is 1. The number of nitrogens with zero attached hydrogens (tertiary/aromatic N) is 1. The fourth-order valence-electron chi connectivity index (χ4n) is 4.18. The van der Waals surface area contributed by atoms with Gasteiger partial charge < -0.3 is 19.1 Å². The van der Waals surface area contributed by atoms with Crippen molar-refractivity contribution in [1.82, 2.24) is 4.90 Å². The molecule has 2 aromatic carbocycles. The fourth-order valence-corrected chi connectivity index (χ4v) is 4.18. The molecular weight excluding hydrogens is 398 g/mol. The van der Waals surface area contributed by atoms with E-state index in [0.29, 0.717) is 35.6 Å². The monoisotopic (exact) mass is 423 g/mol. The number of carbonyl (C=O) groups is 3. The van der Waals surface area contributed by atoms with Crippen molar-refractivity contribution in [2.45, 2.75) is 38.1 Å². The Balaban J connectivity index is 1.49. The van der Waals surface area contributed by atoms with Crippen molar-refractivity contribution in [3.63, 3.8) is 0 Å². The molecule has 162 valence electrons. The summed E-state index contributed by atoms with van der Waals surface area (Å²) in [7, 11) is 0. The smallest absolute Gasteiger partial charge is 0.328 e. The van der Waals surface area contributed by atoms with Crippen LogP contribution in [0.4, 0.5) is 0 Å². The molecule has 1 amide bonds. The zero-order valence-electron chi connectivity index (χ0n) is 17.4. The van der Waals surface area contributed by atoms with Crippen LogP contribution in [0.1, 0.15) is 43.2 Å². The van der Waals surface area contributed by atoms with E-state index >= 15 is 0 Å². The van der Waals surface area contributed by atoms with E-state index in [0.717, 1.165) is 12.8 Å². The van der Waals surface area contributed by atoms with E-state index in [1.165, 1.54) is 4.90 Å². The summed E-state index contributed by atoms with van der Waals surface area (Å²) in [5, 5.41) is 0. The molecule has 1 fully saturated rings. The molecule has 7 heteroatoms. The molecule has 0 saturated carbocycles. The molecular formula is C24H25NO6. The topological polar surface area (TPSA) is 82.1 Å². The number of likely N-dealkylation sites (tertiary alicyclic amines) is 1. The summed E-state index contributed by atoms with van der Waals surface area (Å²) in [5.74, 6) is -0.827. The second-order valence-corrected chi connectivity index (χ2v) is 7.57. The van der Waals surface area contributed by atoms with Gasteiger partial charge in [0.2, 0.25) is 0 Å². The maximum Gasteiger partial charge on any atom is 0.328 e. The number of hydrogen-bond donors (Lipinski definition) is 0. The second kappa shape index (κ2) is 9.20. The lowest BCUT2D eigenvalue weighted by Gasteiger charge is -2.34. The standard InChI is InChI=1S/C24H25NO6/c1-2-29-23(27)18-11-7-8-14-25(18)21(26)15-30-24(28)22-16-9-3-5-12-19(16)31-20-13-6-4-10-17(20)22/h3-6,9-10,12-13,18,22H,2,7-8,11,14-15H2,1H3/t18-/m1/s1. The van der Waals surface area contributed by atoms with Crippen molar-refractivity contribution in [1.29, 1.82) is 0 Å². The molecule has 0 N–H and O–H groups in total. The molecule has 31 heavy (non-hydrogen) atoms. The van der Waals surface area contributed by atoms with Gasteiger partial charge in [-0.1, -0.05) is 36.4 Å². The van der Waals surface area contributed by atoms with E-state index in [9.17, 15) is 14.4 Å². The number of fused-ring (bicyclic) bond motifs is 2. The van der Waals surface area contributed by atoms with Crippen LogP contribution >= 0.6 is 0 Å². The minimum atomic E-state index is -0.684. The highest BCUT2D eigenvalue weighted by atomic mass is 16.5. The molecule has 2 heterocycles. The third-order valence-corrected chi connectivity index (χ3v) is 5.64. The van der Waals surface area contributed by atoms with Gasteiger partial charge in [-0.05, 0) is 38.3 Å². The summed E-state index contributed by atoms with van der Waals surface area (Å²) in [4.78, 5) is 39.6. The zero-order valence-corrected chi connectivity index (χ0v) is 17.4. The SMILES string of the molecule is CCOC(=O)[C@H]1CCCCN1C(=O)COC(=O)C1c2ccccc2Oc2ccccc21. The van der Waals surface area contributed by atoms with Crippen molar-refractivity contribution in [3.8, 4) is 11.5 Å². The van der Waals surface area contributed by atoms with Crippen molar-refractivity contribution < 1.29 is 28.6 Å². The lowest BCUT2D eigenvalue weighted by atomic mass is 9.88. The van der Waals surface area contributed by atoms with E-state index in [1.54, 1.807) is 19.1 Å². The Kier molecular flexibility index (Phi) is 6.21. The molecule has 2 aliphatic rings. The third kappa shape index (κ3) is 4.26. The molecule has 7 nitrogen and oxygen atoms in total. The van der Waals surface area contributed by atoms with E-state index in [4.69, 9.17) is 14.2 Å². The number of piperidine rings is 1. The van der Waals surface area contributed by atoms with Gasteiger partial charge in [-0.25, -0.2) is 4.79 Å². The summed E-state index contributed by atoms with van der Waals surface area (Å²) in [6.07, 6.45) is 2.21. The van der Waals surface area contributed by atoms with Gasteiger partial charge in [0.1, 0.15) is 23.5 Å². The Morgan fingerprint density at radius 1 is 0.935 bits per heavy atom. The van der Waals surface area contributed by atoms with Crippen molar-refractivity contribution in [2.24, 2.45) is 0 Å². The number of ether oxygens (including phenoxy) is 3. The second-order valence-electron chi connectivity index (χ2n) is 7.57. The first-order valence-corrected chi connectivity index (χ1v) is 10.6. The highest BCUT2D eigenvalue weighted by Crippen LogP contribution is 2.44. The first-order chi connectivity index (χ1) is 15.1. The predicted octanol–water partition coefficient (Wildman–Crippen LogP) is 3.41. The normalized spacial score (nSPS) is 17.7. The van der Waals surface area contributed by atoms with Crippen LogP contribution in [0.15, 0.2) is 48.5 Å². The minimum absolute atomic E-state index is 0.259. The number of esters is 2. The highest BCUT2D eigenvalue weighted by molar-refractivity contribution is 5.89. The number of benzene rings is 2. The molecule has 0 spiro atoms. The number of hydrogen-bond acceptors (Lipinski definition) is 6. The van der Waals surface area contributed by atoms with E-state index < -0.39 is 30.5 Å². The van der Waals surface area contributed by atoms with Crippen LogP contribution in [-0.4, -0.2) is 48.5 Å². The minimum Gasteiger partial charge on any atom is -0.464 e. The summed E-state index contributed by atoms with van der Waals surface area (Å²) < 4.78 is 16.5.